The molecule has 3 aromatic carbocycles. The van der Waals surface area contributed by atoms with E-state index in [1.54, 1.807) is 0 Å². The van der Waals surface area contributed by atoms with Crippen LogP contribution in [-0.4, -0.2) is 5.71 Å². The third kappa shape index (κ3) is 4.28. The molecule has 0 aromatic heterocycles. The molecule has 3 aromatic rings. The van der Waals surface area contributed by atoms with E-state index in [-0.39, 0.29) is 0 Å². The molecule has 0 spiro atoms. The molecule has 0 N–H and O–H groups in total. The highest BCUT2D eigenvalue weighted by molar-refractivity contribution is 7.77. The summed E-state index contributed by atoms with van der Waals surface area (Å²) in [5, 5.41) is 1.58. The maximum absolute atomic E-state index is 14.4. The first-order valence-corrected chi connectivity index (χ1v) is 10.8. The highest BCUT2D eigenvalue weighted by atomic mass is 31.2. The molecule has 0 aliphatic heterocycles. The molecule has 0 aliphatic rings. The lowest BCUT2D eigenvalue weighted by Crippen LogP contribution is -2.17. The Morgan fingerprint density at radius 1 is 0.704 bits per heavy atom. The zero-order chi connectivity index (χ0) is 19.6. The molecule has 0 aliphatic carbocycles. The molecular formula is C24H26NOP. The normalized spacial score (nSPS) is 12.3. The Morgan fingerprint density at radius 3 is 1.52 bits per heavy atom. The van der Waals surface area contributed by atoms with Crippen LogP contribution in [0.2, 0.25) is 0 Å². The molecule has 0 amide bonds. The standard InChI is InChI=1S/C24H26NOP/c1-17-11-18(2)14-23(13-17)27(26,24-15-19(3)12-20(4)16-24)25-21(5)22-9-7-6-8-10-22/h6-16H,1-5H3/b25-21+. The quantitative estimate of drug-likeness (QED) is 0.427. The van der Waals surface area contributed by atoms with Crippen molar-refractivity contribution in [3.63, 3.8) is 0 Å². The summed E-state index contributed by atoms with van der Waals surface area (Å²) in [5.74, 6) is 0. The largest absolute Gasteiger partial charge is 0.288 e. The topological polar surface area (TPSA) is 29.4 Å². The highest BCUT2D eigenvalue weighted by Crippen LogP contribution is 2.46. The third-order valence-electron chi connectivity index (χ3n) is 4.60. The number of nitrogens with zero attached hydrogens (tertiary/aromatic N) is 1. The Bertz CT molecular complexity index is 955. The van der Waals surface area contributed by atoms with Gasteiger partial charge in [-0.25, -0.2) is 4.76 Å². The summed E-state index contributed by atoms with van der Waals surface area (Å²) in [4.78, 5) is 0. The summed E-state index contributed by atoms with van der Waals surface area (Å²) in [7, 11) is -3.17. The fourth-order valence-electron chi connectivity index (χ4n) is 3.46. The van der Waals surface area contributed by atoms with Gasteiger partial charge >= 0.3 is 0 Å². The molecule has 3 heteroatoms. The van der Waals surface area contributed by atoms with Crippen molar-refractivity contribution in [2.45, 2.75) is 34.6 Å². The number of benzene rings is 3. The van der Waals surface area contributed by atoms with E-state index in [2.05, 4.69) is 12.1 Å². The van der Waals surface area contributed by atoms with E-state index in [0.717, 1.165) is 44.1 Å². The van der Waals surface area contributed by atoms with Crippen LogP contribution in [0.25, 0.3) is 0 Å². The molecule has 2 nitrogen and oxygen atoms in total. The average Bonchev–Trinajstić information content (AvgIpc) is 2.60. The van der Waals surface area contributed by atoms with Gasteiger partial charge in [0.2, 0.25) is 7.29 Å². The van der Waals surface area contributed by atoms with E-state index in [0.29, 0.717) is 0 Å². The molecule has 3 rings (SSSR count). The Balaban J connectivity index is 2.28. The van der Waals surface area contributed by atoms with Crippen molar-refractivity contribution >= 4 is 23.6 Å². The van der Waals surface area contributed by atoms with Crippen LogP contribution in [0.1, 0.15) is 34.7 Å². The van der Waals surface area contributed by atoms with Gasteiger partial charge in [0.25, 0.3) is 0 Å². The van der Waals surface area contributed by atoms with Crippen molar-refractivity contribution in [3.05, 3.63) is 94.5 Å². The van der Waals surface area contributed by atoms with Crippen molar-refractivity contribution in [3.8, 4) is 0 Å². The van der Waals surface area contributed by atoms with Crippen LogP contribution in [0.4, 0.5) is 0 Å². The lowest BCUT2D eigenvalue weighted by molar-refractivity contribution is 0.588. The van der Waals surface area contributed by atoms with Crippen molar-refractivity contribution in [1.29, 1.82) is 0 Å². The Morgan fingerprint density at radius 2 is 1.11 bits per heavy atom. The minimum atomic E-state index is -3.17. The number of hydrogen-bond acceptors (Lipinski definition) is 1. The van der Waals surface area contributed by atoms with Crippen molar-refractivity contribution in [2.24, 2.45) is 4.76 Å². The van der Waals surface area contributed by atoms with Crippen LogP contribution in [0, 0.1) is 27.7 Å². The monoisotopic (exact) mass is 375 g/mol. The van der Waals surface area contributed by atoms with Gasteiger partial charge in [0.15, 0.2) is 0 Å². The second-order valence-electron chi connectivity index (χ2n) is 7.32. The Hall–Kier alpha value is -2.44. The van der Waals surface area contributed by atoms with Gasteiger partial charge in [0.05, 0.1) is 0 Å². The van der Waals surface area contributed by atoms with Gasteiger partial charge in [-0.05, 0) is 64.4 Å². The summed E-state index contributed by atoms with van der Waals surface area (Å²) < 4.78 is 19.3. The van der Waals surface area contributed by atoms with Crippen LogP contribution in [0.5, 0.6) is 0 Å². The lowest BCUT2D eigenvalue weighted by atomic mass is 10.1. The maximum Gasteiger partial charge on any atom is 0.247 e. The Labute approximate surface area is 162 Å². The first kappa shape index (κ1) is 19.3. The van der Waals surface area contributed by atoms with Gasteiger partial charge in [-0.1, -0.05) is 64.7 Å². The van der Waals surface area contributed by atoms with Crippen LogP contribution >= 0.6 is 7.29 Å². The maximum atomic E-state index is 14.4. The van der Waals surface area contributed by atoms with E-state index in [4.69, 9.17) is 4.76 Å². The van der Waals surface area contributed by atoms with Crippen LogP contribution in [0.15, 0.2) is 71.5 Å². The van der Waals surface area contributed by atoms with E-state index in [9.17, 15) is 4.57 Å². The molecule has 0 heterocycles. The molecule has 0 atom stereocenters. The molecule has 0 saturated heterocycles. The third-order valence-corrected chi connectivity index (χ3v) is 7.09. The van der Waals surface area contributed by atoms with Crippen LogP contribution in [0.3, 0.4) is 0 Å². The molecule has 0 radical (unpaired) electrons. The van der Waals surface area contributed by atoms with Gasteiger partial charge in [0, 0.05) is 16.3 Å². The predicted molar refractivity (Wildman–Crippen MR) is 117 cm³/mol. The Kier molecular flexibility index (Phi) is 5.48. The first-order valence-electron chi connectivity index (χ1n) is 9.18. The van der Waals surface area contributed by atoms with Crippen molar-refractivity contribution in [1.82, 2.24) is 0 Å². The number of hydrogen-bond donors (Lipinski definition) is 0. The predicted octanol–water partition coefficient (Wildman–Crippen LogP) is 5.66. The zero-order valence-corrected chi connectivity index (χ0v) is 17.5. The van der Waals surface area contributed by atoms with E-state index >= 15 is 0 Å². The first-order chi connectivity index (χ1) is 12.8. The summed E-state index contributed by atoms with van der Waals surface area (Å²) in [6.45, 7) is 10.1. The second-order valence-corrected chi connectivity index (χ2v) is 9.70. The van der Waals surface area contributed by atoms with Crippen LogP contribution in [-0.2, 0) is 4.57 Å². The molecule has 27 heavy (non-hydrogen) atoms. The van der Waals surface area contributed by atoms with Crippen molar-refractivity contribution < 1.29 is 4.57 Å². The molecule has 0 bridgehead atoms. The molecule has 0 fully saturated rings. The minimum absolute atomic E-state index is 0.789. The summed E-state index contributed by atoms with van der Waals surface area (Å²) in [5.41, 5.74) is 6.18. The number of rotatable bonds is 4. The fraction of sp³-hybridized carbons (Fsp3) is 0.208. The van der Waals surface area contributed by atoms with Gasteiger partial charge in [0.1, 0.15) is 0 Å². The molecule has 0 saturated carbocycles. The minimum Gasteiger partial charge on any atom is -0.288 e. The average molecular weight is 375 g/mol. The summed E-state index contributed by atoms with van der Waals surface area (Å²) in [6, 6.07) is 22.2. The highest BCUT2D eigenvalue weighted by Gasteiger charge is 2.28. The lowest BCUT2D eigenvalue weighted by Gasteiger charge is -2.18. The second kappa shape index (κ2) is 7.66. The smallest absolute Gasteiger partial charge is 0.247 e. The zero-order valence-electron chi connectivity index (χ0n) is 16.7. The van der Waals surface area contributed by atoms with Crippen molar-refractivity contribution in [2.75, 3.05) is 0 Å². The summed E-state index contributed by atoms with van der Waals surface area (Å²) >= 11 is 0. The van der Waals surface area contributed by atoms with E-state index in [1.165, 1.54) is 0 Å². The molecular weight excluding hydrogens is 349 g/mol. The van der Waals surface area contributed by atoms with Gasteiger partial charge in [-0.3, -0.25) is 4.57 Å². The van der Waals surface area contributed by atoms with E-state index in [1.807, 2.05) is 89.2 Å². The van der Waals surface area contributed by atoms with Gasteiger partial charge < -0.3 is 0 Å². The van der Waals surface area contributed by atoms with Gasteiger partial charge in [-0.2, -0.15) is 0 Å². The molecule has 138 valence electrons. The van der Waals surface area contributed by atoms with Crippen LogP contribution < -0.4 is 10.6 Å². The summed E-state index contributed by atoms with van der Waals surface area (Å²) in [6.07, 6.45) is 0. The molecule has 0 unspecified atom stereocenters. The number of aryl methyl sites for hydroxylation is 4. The fourth-order valence-corrected chi connectivity index (χ4v) is 6.05. The van der Waals surface area contributed by atoms with E-state index < -0.39 is 7.29 Å². The SMILES string of the molecule is C/C(=N\P(=O)(c1cc(C)cc(C)c1)c1cc(C)cc(C)c1)c1ccccc1. The van der Waals surface area contributed by atoms with Gasteiger partial charge in [-0.15, -0.1) is 0 Å².